The summed E-state index contributed by atoms with van der Waals surface area (Å²) in [7, 11) is 0. The van der Waals surface area contributed by atoms with Gasteiger partial charge in [-0.05, 0) is 55.8 Å². The molecule has 0 aliphatic heterocycles. The lowest BCUT2D eigenvalue weighted by atomic mass is 9.83. The van der Waals surface area contributed by atoms with Crippen LogP contribution in [0.4, 0.5) is 0 Å². The largest absolute Gasteiger partial charge is 0.508 e. The van der Waals surface area contributed by atoms with Crippen LogP contribution in [0, 0.1) is 11.8 Å². The molecule has 19 heavy (non-hydrogen) atoms. The molecule has 3 nitrogen and oxygen atoms in total. The zero-order valence-electron chi connectivity index (χ0n) is 11.9. The van der Waals surface area contributed by atoms with Gasteiger partial charge in [0.2, 0.25) is 0 Å². The van der Waals surface area contributed by atoms with Crippen molar-refractivity contribution >= 4 is 0 Å². The van der Waals surface area contributed by atoms with Crippen molar-refractivity contribution in [3.8, 4) is 11.5 Å². The SMILES string of the molecule is CC1CCC(CNC(C)c2cc(O)cc(O)c2)CC1. The molecule has 1 aliphatic rings. The van der Waals surface area contributed by atoms with Crippen LogP contribution in [0.5, 0.6) is 11.5 Å². The van der Waals surface area contributed by atoms with Gasteiger partial charge >= 0.3 is 0 Å². The summed E-state index contributed by atoms with van der Waals surface area (Å²) >= 11 is 0. The normalized spacial score (nSPS) is 25.2. The lowest BCUT2D eigenvalue weighted by Crippen LogP contribution is -2.28. The first-order valence-corrected chi connectivity index (χ1v) is 7.31. The molecule has 1 aliphatic carbocycles. The molecule has 1 aromatic carbocycles. The fraction of sp³-hybridized carbons (Fsp3) is 0.625. The number of phenolic OH excluding ortho intramolecular Hbond substituents is 2. The average Bonchev–Trinajstić information content (AvgIpc) is 2.36. The molecular weight excluding hydrogens is 238 g/mol. The number of rotatable bonds is 4. The number of nitrogens with one attached hydrogen (secondary N) is 1. The van der Waals surface area contributed by atoms with Gasteiger partial charge in [0.05, 0.1) is 0 Å². The maximum atomic E-state index is 9.50. The molecule has 0 bridgehead atoms. The van der Waals surface area contributed by atoms with Gasteiger partial charge in [-0.25, -0.2) is 0 Å². The second-order valence-corrected chi connectivity index (χ2v) is 6.04. The average molecular weight is 263 g/mol. The first-order chi connectivity index (χ1) is 9.04. The molecule has 1 atom stereocenters. The van der Waals surface area contributed by atoms with Gasteiger partial charge in [0.1, 0.15) is 11.5 Å². The molecule has 0 saturated heterocycles. The van der Waals surface area contributed by atoms with Crippen molar-refractivity contribution in [3.63, 3.8) is 0 Å². The number of aromatic hydroxyl groups is 2. The molecule has 1 saturated carbocycles. The zero-order valence-corrected chi connectivity index (χ0v) is 11.9. The second-order valence-electron chi connectivity index (χ2n) is 6.04. The van der Waals surface area contributed by atoms with Gasteiger partial charge in [0.15, 0.2) is 0 Å². The highest BCUT2D eigenvalue weighted by Gasteiger charge is 2.18. The van der Waals surface area contributed by atoms with E-state index in [9.17, 15) is 10.2 Å². The Morgan fingerprint density at radius 3 is 2.26 bits per heavy atom. The van der Waals surface area contributed by atoms with Crippen molar-refractivity contribution in [1.82, 2.24) is 5.32 Å². The van der Waals surface area contributed by atoms with Crippen molar-refractivity contribution in [3.05, 3.63) is 23.8 Å². The Morgan fingerprint density at radius 1 is 1.11 bits per heavy atom. The number of phenols is 2. The summed E-state index contributed by atoms with van der Waals surface area (Å²) < 4.78 is 0. The molecule has 2 rings (SSSR count). The number of hydrogen-bond donors (Lipinski definition) is 3. The minimum atomic E-state index is 0.121. The summed E-state index contributed by atoms with van der Waals surface area (Å²) in [5.41, 5.74) is 0.932. The lowest BCUT2D eigenvalue weighted by Gasteiger charge is -2.27. The van der Waals surface area contributed by atoms with Crippen molar-refractivity contribution < 1.29 is 10.2 Å². The molecule has 3 N–H and O–H groups in total. The smallest absolute Gasteiger partial charge is 0.119 e. The van der Waals surface area contributed by atoms with E-state index >= 15 is 0 Å². The van der Waals surface area contributed by atoms with E-state index < -0.39 is 0 Å². The Hall–Kier alpha value is -1.22. The fourth-order valence-corrected chi connectivity index (χ4v) is 2.86. The van der Waals surface area contributed by atoms with Crippen LogP contribution in [-0.2, 0) is 0 Å². The third-order valence-electron chi connectivity index (χ3n) is 4.27. The van der Waals surface area contributed by atoms with Crippen LogP contribution in [0.25, 0.3) is 0 Å². The van der Waals surface area contributed by atoms with Crippen LogP contribution < -0.4 is 5.32 Å². The Bertz CT molecular complexity index is 391. The fourth-order valence-electron chi connectivity index (χ4n) is 2.86. The summed E-state index contributed by atoms with van der Waals surface area (Å²) in [6, 6.07) is 4.93. The lowest BCUT2D eigenvalue weighted by molar-refractivity contribution is 0.276. The molecule has 3 heteroatoms. The van der Waals surface area contributed by atoms with Crippen molar-refractivity contribution in [2.24, 2.45) is 11.8 Å². The molecule has 0 amide bonds. The van der Waals surface area contributed by atoms with Crippen molar-refractivity contribution in [1.29, 1.82) is 0 Å². The van der Waals surface area contributed by atoms with Crippen LogP contribution >= 0.6 is 0 Å². The Morgan fingerprint density at radius 2 is 1.68 bits per heavy atom. The van der Waals surface area contributed by atoms with E-state index in [2.05, 4.69) is 19.2 Å². The predicted molar refractivity (Wildman–Crippen MR) is 77.3 cm³/mol. The predicted octanol–water partition coefficient (Wildman–Crippen LogP) is 3.57. The molecular formula is C16H25NO2. The first-order valence-electron chi connectivity index (χ1n) is 7.31. The first kappa shape index (κ1) is 14.2. The highest BCUT2D eigenvalue weighted by Crippen LogP contribution is 2.29. The van der Waals surface area contributed by atoms with E-state index in [4.69, 9.17) is 0 Å². The topological polar surface area (TPSA) is 52.5 Å². The summed E-state index contributed by atoms with van der Waals surface area (Å²) in [6.07, 6.45) is 5.31. The van der Waals surface area contributed by atoms with Gasteiger partial charge in [-0.2, -0.15) is 0 Å². The molecule has 0 radical (unpaired) electrons. The van der Waals surface area contributed by atoms with Gasteiger partial charge in [0.25, 0.3) is 0 Å². The minimum absolute atomic E-state index is 0.121. The van der Waals surface area contributed by atoms with Crippen molar-refractivity contribution in [2.45, 2.75) is 45.6 Å². The standard InChI is InChI=1S/C16H25NO2/c1-11-3-5-13(6-4-11)10-17-12(2)14-7-15(18)9-16(19)8-14/h7-9,11-13,17-19H,3-6,10H2,1-2H3. The quantitative estimate of drug-likeness (QED) is 0.778. The van der Waals surface area contributed by atoms with Gasteiger partial charge in [-0.1, -0.05) is 19.8 Å². The third kappa shape index (κ3) is 4.13. The van der Waals surface area contributed by atoms with E-state index in [1.54, 1.807) is 12.1 Å². The van der Waals surface area contributed by atoms with E-state index in [0.717, 1.165) is 23.9 Å². The molecule has 106 valence electrons. The molecule has 1 aromatic rings. The maximum Gasteiger partial charge on any atom is 0.119 e. The molecule has 0 heterocycles. The van der Waals surface area contributed by atoms with Gasteiger partial charge < -0.3 is 15.5 Å². The van der Waals surface area contributed by atoms with E-state index in [0.29, 0.717) is 0 Å². The van der Waals surface area contributed by atoms with Crippen LogP contribution in [0.1, 0.15) is 51.1 Å². The van der Waals surface area contributed by atoms with E-state index in [-0.39, 0.29) is 17.5 Å². The Balaban J connectivity index is 1.85. The van der Waals surface area contributed by atoms with Gasteiger partial charge in [-0.3, -0.25) is 0 Å². The monoisotopic (exact) mass is 263 g/mol. The highest BCUT2D eigenvalue weighted by molar-refractivity contribution is 5.37. The van der Waals surface area contributed by atoms with Crippen LogP contribution in [0.3, 0.4) is 0 Å². The van der Waals surface area contributed by atoms with Gasteiger partial charge in [0, 0.05) is 12.1 Å². The Labute approximate surface area is 115 Å². The molecule has 1 unspecified atom stereocenters. The molecule has 0 aromatic heterocycles. The number of benzene rings is 1. The summed E-state index contributed by atoms with van der Waals surface area (Å²) in [5.74, 6) is 1.89. The number of hydrogen-bond acceptors (Lipinski definition) is 3. The second kappa shape index (κ2) is 6.29. The molecule has 0 spiro atoms. The maximum absolute atomic E-state index is 9.50. The van der Waals surface area contributed by atoms with Crippen LogP contribution in [-0.4, -0.2) is 16.8 Å². The highest BCUT2D eigenvalue weighted by atomic mass is 16.3. The molecule has 1 fully saturated rings. The van der Waals surface area contributed by atoms with E-state index in [1.165, 1.54) is 31.7 Å². The summed E-state index contributed by atoms with van der Waals surface area (Å²) in [6.45, 7) is 5.42. The van der Waals surface area contributed by atoms with Crippen LogP contribution in [0.2, 0.25) is 0 Å². The minimum Gasteiger partial charge on any atom is -0.508 e. The van der Waals surface area contributed by atoms with Crippen LogP contribution in [0.15, 0.2) is 18.2 Å². The van der Waals surface area contributed by atoms with E-state index in [1.807, 2.05) is 0 Å². The third-order valence-corrected chi connectivity index (χ3v) is 4.27. The zero-order chi connectivity index (χ0) is 13.8. The summed E-state index contributed by atoms with van der Waals surface area (Å²) in [5, 5.41) is 22.5. The van der Waals surface area contributed by atoms with Gasteiger partial charge in [-0.15, -0.1) is 0 Å². The van der Waals surface area contributed by atoms with Crippen molar-refractivity contribution in [2.75, 3.05) is 6.54 Å². The summed E-state index contributed by atoms with van der Waals surface area (Å²) in [4.78, 5) is 0. The Kier molecular flexibility index (Phi) is 4.70.